The van der Waals surface area contributed by atoms with Gasteiger partial charge in [0.1, 0.15) is 5.75 Å². The van der Waals surface area contributed by atoms with E-state index in [1.807, 2.05) is 6.07 Å². The molecule has 2 aromatic rings. The Labute approximate surface area is 165 Å². The molecule has 0 unspecified atom stereocenters. The second-order valence-corrected chi connectivity index (χ2v) is 7.93. The van der Waals surface area contributed by atoms with Crippen molar-refractivity contribution in [2.24, 2.45) is 0 Å². The van der Waals surface area contributed by atoms with Crippen LogP contribution in [0.2, 0.25) is 0 Å². The van der Waals surface area contributed by atoms with Crippen molar-refractivity contribution >= 4 is 17.4 Å². The fraction of sp³-hybridized carbons (Fsp3) is 0.409. The lowest BCUT2D eigenvalue weighted by molar-refractivity contribution is 0.0985. The van der Waals surface area contributed by atoms with Gasteiger partial charge >= 0.3 is 0 Å². The highest BCUT2D eigenvalue weighted by molar-refractivity contribution is 6.07. The molecule has 0 radical (unpaired) electrons. The number of Topliss-reactive ketones (excluding diaryl/α,β-unsaturated/α-hetero) is 1. The van der Waals surface area contributed by atoms with Crippen molar-refractivity contribution in [2.45, 2.75) is 39.2 Å². The maximum Gasteiger partial charge on any atom is 0.255 e. The van der Waals surface area contributed by atoms with E-state index in [4.69, 9.17) is 4.74 Å². The number of benzene rings is 1. The third kappa shape index (κ3) is 3.92. The highest BCUT2D eigenvalue weighted by Gasteiger charge is 2.31. The quantitative estimate of drug-likeness (QED) is 0.801. The normalized spacial score (nSPS) is 15.6. The second-order valence-electron chi connectivity index (χ2n) is 7.93. The molecule has 2 heterocycles. The van der Waals surface area contributed by atoms with Crippen molar-refractivity contribution < 1.29 is 14.3 Å². The number of ether oxygens (including phenoxy) is 1. The number of anilines is 1. The Balaban J connectivity index is 1.86. The van der Waals surface area contributed by atoms with E-state index in [0.29, 0.717) is 29.0 Å². The van der Waals surface area contributed by atoms with Gasteiger partial charge in [0.05, 0.1) is 30.3 Å². The van der Waals surface area contributed by atoms with Crippen LogP contribution in [0.25, 0.3) is 0 Å². The maximum atomic E-state index is 12.7. The number of pyridine rings is 1. The van der Waals surface area contributed by atoms with Crippen LogP contribution in [0.3, 0.4) is 0 Å². The Morgan fingerprint density at radius 1 is 1.29 bits per heavy atom. The molecule has 0 saturated carbocycles. The minimum Gasteiger partial charge on any atom is -0.496 e. The summed E-state index contributed by atoms with van der Waals surface area (Å²) in [5.41, 5.74) is 3.64. The van der Waals surface area contributed by atoms with Crippen LogP contribution in [0, 0.1) is 0 Å². The molecular formula is C22H27N3O3. The first-order valence-electron chi connectivity index (χ1n) is 9.45. The number of methoxy groups -OCH3 is 1. The first-order chi connectivity index (χ1) is 13.2. The number of nitrogens with one attached hydrogen (secondary N) is 1. The minimum absolute atomic E-state index is 0.0315. The van der Waals surface area contributed by atoms with Gasteiger partial charge in [-0.3, -0.25) is 14.6 Å². The molecule has 1 aliphatic heterocycles. The van der Waals surface area contributed by atoms with Gasteiger partial charge in [-0.25, -0.2) is 0 Å². The van der Waals surface area contributed by atoms with Gasteiger partial charge < -0.3 is 15.0 Å². The number of nitrogens with zero attached hydrogens (tertiary/aromatic N) is 2. The summed E-state index contributed by atoms with van der Waals surface area (Å²) in [5, 5.41) is 2.90. The van der Waals surface area contributed by atoms with Gasteiger partial charge in [0, 0.05) is 30.5 Å². The fourth-order valence-corrected chi connectivity index (χ4v) is 3.87. The van der Waals surface area contributed by atoms with E-state index >= 15 is 0 Å². The molecule has 1 aliphatic rings. The number of hydrogen-bond acceptors (Lipinski definition) is 5. The van der Waals surface area contributed by atoms with E-state index in [2.05, 4.69) is 36.1 Å². The van der Waals surface area contributed by atoms with Crippen LogP contribution in [0.15, 0.2) is 30.5 Å². The second kappa shape index (κ2) is 7.72. The summed E-state index contributed by atoms with van der Waals surface area (Å²) in [4.78, 5) is 31.8. The van der Waals surface area contributed by atoms with Crippen LogP contribution < -0.4 is 10.1 Å². The van der Waals surface area contributed by atoms with E-state index in [-0.39, 0.29) is 17.1 Å². The zero-order valence-corrected chi connectivity index (χ0v) is 17.1. The summed E-state index contributed by atoms with van der Waals surface area (Å²) in [5.74, 6) is 0.134. The molecule has 0 bridgehead atoms. The summed E-state index contributed by atoms with van der Waals surface area (Å²) in [7, 11) is 3.60. The molecule has 1 N–H and O–H groups in total. The zero-order chi connectivity index (χ0) is 20.5. The van der Waals surface area contributed by atoms with Crippen LogP contribution in [0.5, 0.6) is 5.75 Å². The molecule has 1 aromatic heterocycles. The van der Waals surface area contributed by atoms with E-state index in [1.165, 1.54) is 7.11 Å². The largest absolute Gasteiger partial charge is 0.496 e. The van der Waals surface area contributed by atoms with Crippen LogP contribution >= 0.6 is 0 Å². The third-order valence-corrected chi connectivity index (χ3v) is 5.05. The number of aromatic nitrogens is 1. The molecule has 148 valence electrons. The molecule has 0 spiro atoms. The SMILES string of the molecule is CCC(=O)c1cc(C(=O)Nc2cnc3c(c2)CN(C)CC3(C)C)ccc1OC. The van der Waals surface area contributed by atoms with E-state index in [9.17, 15) is 9.59 Å². The number of ketones is 1. The van der Waals surface area contributed by atoms with Crippen LogP contribution in [-0.2, 0) is 12.0 Å². The van der Waals surface area contributed by atoms with Gasteiger partial charge in [-0.15, -0.1) is 0 Å². The van der Waals surface area contributed by atoms with Crippen molar-refractivity contribution in [3.63, 3.8) is 0 Å². The van der Waals surface area contributed by atoms with E-state index in [1.54, 1.807) is 31.3 Å². The molecule has 0 fully saturated rings. The average Bonchev–Trinajstić information content (AvgIpc) is 2.65. The predicted octanol–water partition coefficient (Wildman–Crippen LogP) is 3.66. The lowest BCUT2D eigenvalue weighted by Gasteiger charge is -2.37. The molecule has 28 heavy (non-hydrogen) atoms. The van der Waals surface area contributed by atoms with E-state index in [0.717, 1.165) is 24.3 Å². The van der Waals surface area contributed by atoms with E-state index < -0.39 is 0 Å². The van der Waals surface area contributed by atoms with Gasteiger partial charge in [0.2, 0.25) is 0 Å². The molecule has 6 heteroatoms. The first kappa shape index (κ1) is 20.0. The average molecular weight is 381 g/mol. The summed E-state index contributed by atoms with van der Waals surface area (Å²) in [6.07, 6.45) is 2.05. The molecule has 0 atom stereocenters. The number of fused-ring (bicyclic) bond motifs is 1. The maximum absolute atomic E-state index is 12.7. The van der Waals surface area contributed by atoms with Crippen molar-refractivity contribution in [1.82, 2.24) is 9.88 Å². The topological polar surface area (TPSA) is 71.5 Å². The Morgan fingerprint density at radius 2 is 2.04 bits per heavy atom. The molecule has 0 saturated heterocycles. The number of carbonyl (C=O) groups excluding carboxylic acids is 2. The number of hydrogen-bond donors (Lipinski definition) is 1. The Kier molecular flexibility index (Phi) is 5.52. The predicted molar refractivity (Wildman–Crippen MR) is 109 cm³/mol. The molecule has 3 rings (SSSR count). The monoisotopic (exact) mass is 381 g/mol. The molecule has 6 nitrogen and oxygen atoms in total. The van der Waals surface area contributed by atoms with Crippen molar-refractivity contribution in [2.75, 3.05) is 26.0 Å². The third-order valence-electron chi connectivity index (χ3n) is 5.05. The molecular weight excluding hydrogens is 354 g/mol. The van der Waals surface area contributed by atoms with Crippen LogP contribution in [0.1, 0.15) is 59.2 Å². The standard InChI is InChI=1S/C22H27N3O3/c1-6-18(26)17-10-14(7-8-19(17)28-5)21(27)24-16-9-15-12-25(4)13-22(2,3)20(15)23-11-16/h7-11H,6,12-13H2,1-5H3,(H,24,27). The summed E-state index contributed by atoms with van der Waals surface area (Å²) in [6.45, 7) is 7.88. The van der Waals surface area contributed by atoms with Gasteiger partial charge in [-0.05, 0) is 36.9 Å². The fourth-order valence-electron chi connectivity index (χ4n) is 3.87. The Bertz CT molecular complexity index is 921. The molecule has 1 aromatic carbocycles. The smallest absolute Gasteiger partial charge is 0.255 e. The summed E-state index contributed by atoms with van der Waals surface area (Å²) < 4.78 is 5.25. The summed E-state index contributed by atoms with van der Waals surface area (Å²) >= 11 is 0. The number of rotatable bonds is 5. The Hall–Kier alpha value is -2.73. The summed E-state index contributed by atoms with van der Waals surface area (Å²) in [6, 6.07) is 6.88. The van der Waals surface area contributed by atoms with Crippen molar-refractivity contribution in [3.8, 4) is 5.75 Å². The first-order valence-corrected chi connectivity index (χ1v) is 9.45. The number of likely N-dealkylation sites (N-methyl/N-ethyl adjacent to an activating group) is 1. The van der Waals surface area contributed by atoms with Gasteiger partial charge in [0.15, 0.2) is 5.78 Å². The minimum atomic E-state index is -0.280. The highest BCUT2D eigenvalue weighted by atomic mass is 16.5. The number of amides is 1. The van der Waals surface area contributed by atoms with Crippen LogP contribution in [-0.4, -0.2) is 42.3 Å². The van der Waals surface area contributed by atoms with Gasteiger partial charge in [-0.2, -0.15) is 0 Å². The highest BCUT2D eigenvalue weighted by Crippen LogP contribution is 2.32. The molecule has 0 aliphatic carbocycles. The van der Waals surface area contributed by atoms with Gasteiger partial charge in [-0.1, -0.05) is 20.8 Å². The lowest BCUT2D eigenvalue weighted by Crippen LogP contribution is -2.40. The van der Waals surface area contributed by atoms with Gasteiger partial charge in [0.25, 0.3) is 5.91 Å². The zero-order valence-electron chi connectivity index (χ0n) is 17.1. The lowest BCUT2D eigenvalue weighted by atomic mass is 9.82. The van der Waals surface area contributed by atoms with Crippen molar-refractivity contribution in [1.29, 1.82) is 0 Å². The van der Waals surface area contributed by atoms with Crippen LogP contribution in [0.4, 0.5) is 5.69 Å². The molecule has 1 amide bonds. The Morgan fingerprint density at radius 3 is 2.71 bits per heavy atom. The number of carbonyl (C=O) groups is 2. The van der Waals surface area contributed by atoms with Crippen molar-refractivity contribution in [3.05, 3.63) is 52.8 Å².